The first-order valence-corrected chi connectivity index (χ1v) is 8.39. The summed E-state index contributed by atoms with van der Waals surface area (Å²) in [5.74, 6) is 1.43. The maximum Gasteiger partial charge on any atom is 0.254 e. The minimum Gasteiger partial charge on any atom is -0.425 e. The Kier molecular flexibility index (Phi) is 3.64. The molecule has 6 nitrogen and oxygen atoms in total. The Morgan fingerprint density at radius 1 is 1.38 bits per heavy atom. The molecule has 4 rings (SSSR count). The van der Waals surface area contributed by atoms with Gasteiger partial charge in [-0.05, 0) is 18.1 Å². The maximum absolute atomic E-state index is 13.1. The molecular weight excluding hydrogens is 306 g/mol. The molecule has 2 saturated heterocycles. The molecular formula is C18H21N3O3. The van der Waals surface area contributed by atoms with Crippen LogP contribution >= 0.6 is 0 Å². The maximum atomic E-state index is 13.1. The standard InChI is InChI=1S/C18H21N3O3/c1-3-13-6-4-5-7-15(13)16(22)21-8-14-9-23-11-18(14,10-21)17-20-19-12(2)24-17/h4-7,14H,3,8-11H2,1-2H3/t14-,18-/m0/s1. The van der Waals surface area contributed by atoms with E-state index in [1.54, 1.807) is 6.92 Å². The number of likely N-dealkylation sites (tertiary alicyclic amines) is 1. The Balaban J connectivity index is 1.64. The Bertz CT molecular complexity index is 772. The predicted molar refractivity (Wildman–Crippen MR) is 86.7 cm³/mol. The molecule has 0 saturated carbocycles. The van der Waals surface area contributed by atoms with Crippen LogP contribution in [0.25, 0.3) is 0 Å². The zero-order valence-electron chi connectivity index (χ0n) is 14.0. The summed E-state index contributed by atoms with van der Waals surface area (Å²) in [6.07, 6.45) is 0.844. The van der Waals surface area contributed by atoms with Crippen LogP contribution in [-0.2, 0) is 16.6 Å². The van der Waals surface area contributed by atoms with Crippen molar-refractivity contribution in [3.05, 3.63) is 47.2 Å². The summed E-state index contributed by atoms with van der Waals surface area (Å²) in [5.41, 5.74) is 1.51. The number of rotatable bonds is 3. The van der Waals surface area contributed by atoms with Gasteiger partial charge < -0.3 is 14.1 Å². The van der Waals surface area contributed by atoms with Gasteiger partial charge in [0.25, 0.3) is 5.91 Å². The summed E-state index contributed by atoms with van der Waals surface area (Å²) >= 11 is 0. The molecule has 0 radical (unpaired) electrons. The van der Waals surface area contributed by atoms with Gasteiger partial charge in [-0.1, -0.05) is 25.1 Å². The van der Waals surface area contributed by atoms with E-state index in [1.165, 1.54) is 0 Å². The number of carbonyl (C=O) groups excluding carboxylic acids is 1. The molecule has 24 heavy (non-hydrogen) atoms. The van der Waals surface area contributed by atoms with Crippen LogP contribution < -0.4 is 0 Å². The van der Waals surface area contributed by atoms with E-state index in [2.05, 4.69) is 17.1 Å². The number of fused-ring (bicyclic) bond motifs is 1. The molecule has 0 bridgehead atoms. The third kappa shape index (κ3) is 2.24. The van der Waals surface area contributed by atoms with Crippen molar-refractivity contribution in [2.24, 2.45) is 5.92 Å². The Hall–Kier alpha value is -2.21. The molecule has 0 spiro atoms. The lowest BCUT2D eigenvalue weighted by atomic mass is 9.81. The fourth-order valence-corrected chi connectivity index (χ4v) is 3.90. The van der Waals surface area contributed by atoms with Gasteiger partial charge >= 0.3 is 0 Å². The Labute approximate surface area is 140 Å². The highest BCUT2D eigenvalue weighted by molar-refractivity contribution is 5.96. The van der Waals surface area contributed by atoms with Crippen LogP contribution in [0.3, 0.4) is 0 Å². The predicted octanol–water partition coefficient (Wildman–Crippen LogP) is 1.98. The van der Waals surface area contributed by atoms with Gasteiger partial charge in [0.1, 0.15) is 0 Å². The fraction of sp³-hybridized carbons (Fsp3) is 0.500. The van der Waals surface area contributed by atoms with Gasteiger partial charge in [0.05, 0.1) is 18.6 Å². The number of hydrogen-bond acceptors (Lipinski definition) is 5. The van der Waals surface area contributed by atoms with E-state index in [1.807, 2.05) is 29.2 Å². The van der Waals surface area contributed by atoms with Crippen LogP contribution in [0.5, 0.6) is 0 Å². The second-order valence-electron chi connectivity index (χ2n) is 6.69. The normalized spacial score (nSPS) is 25.9. The monoisotopic (exact) mass is 327 g/mol. The van der Waals surface area contributed by atoms with Crippen LogP contribution in [0.1, 0.15) is 34.6 Å². The summed E-state index contributed by atoms with van der Waals surface area (Å²) in [6, 6.07) is 7.83. The molecule has 0 N–H and O–H groups in total. The van der Waals surface area contributed by atoms with E-state index in [9.17, 15) is 4.79 Å². The summed E-state index contributed by atoms with van der Waals surface area (Å²) in [5, 5.41) is 8.19. The van der Waals surface area contributed by atoms with Crippen molar-refractivity contribution in [3.63, 3.8) is 0 Å². The highest BCUT2D eigenvalue weighted by Crippen LogP contribution is 2.43. The molecule has 3 heterocycles. The highest BCUT2D eigenvalue weighted by atomic mass is 16.5. The van der Waals surface area contributed by atoms with Crippen LogP contribution in [0, 0.1) is 12.8 Å². The molecule has 1 amide bonds. The molecule has 0 aliphatic carbocycles. The van der Waals surface area contributed by atoms with Gasteiger partial charge in [-0.3, -0.25) is 4.79 Å². The van der Waals surface area contributed by atoms with Crippen molar-refractivity contribution in [1.82, 2.24) is 15.1 Å². The molecule has 2 aromatic rings. The topological polar surface area (TPSA) is 68.5 Å². The zero-order chi connectivity index (χ0) is 16.7. The van der Waals surface area contributed by atoms with Crippen molar-refractivity contribution in [1.29, 1.82) is 0 Å². The SMILES string of the molecule is CCc1ccccc1C(=O)N1C[C@H]2COC[C@@]2(c2nnc(C)o2)C1. The van der Waals surface area contributed by atoms with Crippen LogP contribution in [-0.4, -0.2) is 47.3 Å². The van der Waals surface area contributed by atoms with Gasteiger partial charge in [0, 0.05) is 31.5 Å². The molecule has 2 fully saturated rings. The summed E-state index contributed by atoms with van der Waals surface area (Å²) < 4.78 is 11.4. The van der Waals surface area contributed by atoms with E-state index in [-0.39, 0.29) is 17.2 Å². The van der Waals surface area contributed by atoms with Crippen molar-refractivity contribution < 1.29 is 13.9 Å². The number of hydrogen-bond donors (Lipinski definition) is 0. The first kappa shape index (κ1) is 15.3. The van der Waals surface area contributed by atoms with Gasteiger partial charge in [-0.25, -0.2) is 0 Å². The minimum absolute atomic E-state index is 0.0810. The second-order valence-corrected chi connectivity index (χ2v) is 6.69. The van der Waals surface area contributed by atoms with Gasteiger partial charge in [-0.15, -0.1) is 10.2 Å². The number of nitrogens with zero attached hydrogens (tertiary/aromatic N) is 3. The lowest BCUT2D eigenvalue weighted by Crippen LogP contribution is -2.37. The number of aromatic nitrogens is 2. The third-order valence-electron chi connectivity index (χ3n) is 5.24. The second kappa shape index (κ2) is 5.70. The number of amides is 1. The van der Waals surface area contributed by atoms with Crippen LogP contribution in [0.4, 0.5) is 0 Å². The first-order valence-electron chi connectivity index (χ1n) is 8.39. The van der Waals surface area contributed by atoms with Crippen molar-refractivity contribution in [2.45, 2.75) is 25.7 Å². The summed E-state index contributed by atoms with van der Waals surface area (Å²) in [4.78, 5) is 15.0. The molecule has 1 aromatic heterocycles. The number of aryl methyl sites for hydroxylation is 2. The highest BCUT2D eigenvalue weighted by Gasteiger charge is 2.56. The number of carbonyl (C=O) groups is 1. The average molecular weight is 327 g/mol. The van der Waals surface area contributed by atoms with Crippen molar-refractivity contribution in [2.75, 3.05) is 26.3 Å². The van der Waals surface area contributed by atoms with Crippen LogP contribution in [0.2, 0.25) is 0 Å². The van der Waals surface area contributed by atoms with Crippen molar-refractivity contribution in [3.8, 4) is 0 Å². The molecule has 1 aromatic carbocycles. The van der Waals surface area contributed by atoms with E-state index in [4.69, 9.17) is 9.15 Å². The molecule has 2 aliphatic heterocycles. The Morgan fingerprint density at radius 3 is 2.96 bits per heavy atom. The first-order chi connectivity index (χ1) is 11.6. The lowest BCUT2D eigenvalue weighted by Gasteiger charge is -2.23. The van der Waals surface area contributed by atoms with Crippen molar-refractivity contribution >= 4 is 5.91 Å². The van der Waals surface area contributed by atoms with E-state index in [0.29, 0.717) is 38.1 Å². The quantitative estimate of drug-likeness (QED) is 0.862. The number of ether oxygens (including phenoxy) is 1. The zero-order valence-corrected chi connectivity index (χ0v) is 14.0. The molecule has 2 atom stereocenters. The van der Waals surface area contributed by atoms with E-state index < -0.39 is 0 Å². The fourth-order valence-electron chi connectivity index (χ4n) is 3.90. The minimum atomic E-state index is -0.363. The lowest BCUT2D eigenvalue weighted by molar-refractivity contribution is 0.0737. The van der Waals surface area contributed by atoms with Gasteiger partial charge in [0.2, 0.25) is 11.8 Å². The summed E-state index contributed by atoms with van der Waals surface area (Å²) in [6.45, 7) is 6.24. The molecule has 6 heteroatoms. The molecule has 0 unspecified atom stereocenters. The Morgan fingerprint density at radius 2 is 2.21 bits per heavy atom. The van der Waals surface area contributed by atoms with Gasteiger partial charge in [-0.2, -0.15) is 0 Å². The van der Waals surface area contributed by atoms with Crippen LogP contribution in [0.15, 0.2) is 28.7 Å². The molecule has 126 valence electrons. The van der Waals surface area contributed by atoms with E-state index in [0.717, 1.165) is 17.5 Å². The summed E-state index contributed by atoms with van der Waals surface area (Å²) in [7, 11) is 0. The molecule has 2 aliphatic rings. The van der Waals surface area contributed by atoms with Gasteiger partial charge in [0.15, 0.2) is 0 Å². The van der Waals surface area contributed by atoms with E-state index >= 15 is 0 Å². The number of benzene rings is 1. The average Bonchev–Trinajstić information content (AvgIpc) is 3.27. The third-order valence-corrected chi connectivity index (χ3v) is 5.24. The smallest absolute Gasteiger partial charge is 0.254 e. The largest absolute Gasteiger partial charge is 0.425 e.